The average Bonchev–Trinajstić information content (AvgIpc) is 2.79. The van der Waals surface area contributed by atoms with Crippen molar-refractivity contribution in [2.24, 2.45) is 5.10 Å². The number of aromatic hydroxyl groups is 1. The monoisotopic (exact) mass is 425 g/mol. The van der Waals surface area contributed by atoms with Gasteiger partial charge in [0.25, 0.3) is 5.91 Å². The summed E-state index contributed by atoms with van der Waals surface area (Å²) in [6, 6.07) is 23.9. The number of phenols is 1. The van der Waals surface area contributed by atoms with Crippen molar-refractivity contribution in [3.63, 3.8) is 0 Å². The number of carbonyl (C=O) groups excluding carboxylic acids is 2. The summed E-state index contributed by atoms with van der Waals surface area (Å²) in [5, 5.41) is 20.6. The van der Waals surface area contributed by atoms with Gasteiger partial charge >= 0.3 is 0 Å². The highest BCUT2D eigenvalue weighted by Gasteiger charge is 2.19. The molecule has 0 aliphatic rings. The van der Waals surface area contributed by atoms with E-state index >= 15 is 0 Å². The fourth-order valence-corrected chi connectivity index (χ4v) is 3.75. The van der Waals surface area contributed by atoms with Crippen LogP contribution in [0, 0.1) is 0 Å². The molecule has 3 N–H and O–H groups in total. The third kappa shape index (κ3) is 4.75. The lowest BCUT2D eigenvalue weighted by Crippen LogP contribution is -2.46. The van der Waals surface area contributed by atoms with Gasteiger partial charge in [-0.25, -0.2) is 5.43 Å². The van der Waals surface area contributed by atoms with E-state index in [2.05, 4.69) is 21.9 Å². The molecule has 0 unspecified atom stereocenters. The number of nitrogens with zero attached hydrogens (tertiary/aromatic N) is 1. The van der Waals surface area contributed by atoms with E-state index in [4.69, 9.17) is 0 Å². The topological polar surface area (TPSA) is 90.8 Å². The molecule has 0 saturated carbocycles. The van der Waals surface area contributed by atoms with Gasteiger partial charge in [0.2, 0.25) is 5.91 Å². The van der Waals surface area contributed by atoms with Crippen molar-refractivity contribution in [2.75, 3.05) is 0 Å². The number of benzene rings is 4. The summed E-state index contributed by atoms with van der Waals surface area (Å²) in [5.41, 5.74) is 4.28. The van der Waals surface area contributed by atoms with Crippen LogP contribution in [0.4, 0.5) is 0 Å². The molecular formula is C26H23N3O3. The quantitative estimate of drug-likeness (QED) is 0.249. The third-order valence-electron chi connectivity index (χ3n) is 5.25. The maximum Gasteiger partial charge on any atom is 0.262 e. The number of carbonyl (C=O) groups is 2. The Morgan fingerprint density at radius 1 is 0.938 bits per heavy atom. The highest BCUT2D eigenvalue weighted by atomic mass is 16.3. The second-order valence-electron chi connectivity index (χ2n) is 7.59. The SMILES string of the molecule is CC(=O)N[C@@H](Cc1ccc(O)cc1)C(=O)N/N=C/c1c2ccccc2cc2ccccc12. The molecule has 4 aromatic carbocycles. The standard InChI is InChI=1S/C26H23N3O3/c1-17(30)28-25(14-18-10-12-21(31)13-11-18)26(32)29-27-16-24-22-8-4-2-6-19(22)15-20-7-3-5-9-23(20)24/h2-13,15-16,25,31H,14H2,1H3,(H,28,30)(H,29,32)/b27-16+/t25-/m0/s1. The summed E-state index contributed by atoms with van der Waals surface area (Å²) in [6.45, 7) is 1.36. The zero-order valence-corrected chi connectivity index (χ0v) is 17.6. The van der Waals surface area contributed by atoms with Crippen LogP contribution in [0.1, 0.15) is 18.1 Å². The van der Waals surface area contributed by atoms with E-state index in [9.17, 15) is 14.7 Å². The molecule has 0 spiro atoms. The van der Waals surface area contributed by atoms with Crippen LogP contribution in [0.25, 0.3) is 21.5 Å². The maximum absolute atomic E-state index is 12.8. The van der Waals surface area contributed by atoms with Gasteiger partial charge in [-0.05, 0) is 45.3 Å². The second kappa shape index (κ2) is 9.31. The number of hydrogen-bond donors (Lipinski definition) is 3. The fourth-order valence-electron chi connectivity index (χ4n) is 3.75. The first kappa shape index (κ1) is 21.1. The number of phenolic OH excluding ortho intramolecular Hbond substituents is 1. The van der Waals surface area contributed by atoms with Gasteiger partial charge in [0.05, 0.1) is 6.21 Å². The highest BCUT2D eigenvalue weighted by Crippen LogP contribution is 2.27. The van der Waals surface area contributed by atoms with Crippen molar-refractivity contribution in [1.82, 2.24) is 10.7 Å². The fraction of sp³-hybridized carbons (Fsp3) is 0.115. The molecule has 4 rings (SSSR count). The first-order valence-electron chi connectivity index (χ1n) is 10.3. The van der Waals surface area contributed by atoms with Crippen molar-refractivity contribution >= 4 is 39.6 Å². The first-order valence-corrected chi connectivity index (χ1v) is 10.3. The summed E-state index contributed by atoms with van der Waals surface area (Å²) >= 11 is 0. The summed E-state index contributed by atoms with van der Waals surface area (Å²) in [4.78, 5) is 24.4. The van der Waals surface area contributed by atoms with Crippen LogP contribution in [-0.4, -0.2) is 29.2 Å². The first-order chi connectivity index (χ1) is 15.5. The molecule has 160 valence electrons. The minimum atomic E-state index is -0.793. The summed E-state index contributed by atoms with van der Waals surface area (Å²) in [5.74, 6) is -0.594. The van der Waals surface area contributed by atoms with Crippen molar-refractivity contribution in [2.45, 2.75) is 19.4 Å². The van der Waals surface area contributed by atoms with Crippen molar-refractivity contribution in [1.29, 1.82) is 0 Å². The van der Waals surface area contributed by atoms with Crippen LogP contribution in [-0.2, 0) is 16.0 Å². The minimum absolute atomic E-state index is 0.140. The normalized spacial score (nSPS) is 12.2. The molecule has 0 radical (unpaired) electrons. The summed E-state index contributed by atoms with van der Waals surface area (Å²) in [6.07, 6.45) is 1.92. The lowest BCUT2D eigenvalue weighted by Gasteiger charge is -2.16. The molecule has 1 atom stereocenters. The van der Waals surface area contributed by atoms with E-state index in [-0.39, 0.29) is 18.1 Å². The van der Waals surface area contributed by atoms with Gasteiger partial charge in [-0.15, -0.1) is 0 Å². The Hall–Kier alpha value is -4.19. The Balaban J connectivity index is 1.58. The van der Waals surface area contributed by atoms with Crippen LogP contribution in [0.2, 0.25) is 0 Å². The van der Waals surface area contributed by atoms with Crippen LogP contribution < -0.4 is 10.7 Å². The van der Waals surface area contributed by atoms with Gasteiger partial charge in [0.15, 0.2) is 0 Å². The van der Waals surface area contributed by atoms with Gasteiger partial charge in [-0.3, -0.25) is 9.59 Å². The van der Waals surface area contributed by atoms with Crippen molar-refractivity contribution in [3.8, 4) is 5.75 Å². The van der Waals surface area contributed by atoms with E-state index in [1.54, 1.807) is 30.5 Å². The Morgan fingerprint density at radius 3 is 2.12 bits per heavy atom. The zero-order valence-electron chi connectivity index (χ0n) is 17.6. The van der Waals surface area contributed by atoms with E-state index in [1.807, 2.05) is 48.5 Å². The Kier molecular flexibility index (Phi) is 6.12. The maximum atomic E-state index is 12.8. The van der Waals surface area contributed by atoms with E-state index in [1.165, 1.54) is 6.92 Å². The number of fused-ring (bicyclic) bond motifs is 2. The van der Waals surface area contributed by atoms with Gasteiger partial charge < -0.3 is 10.4 Å². The summed E-state index contributed by atoms with van der Waals surface area (Å²) < 4.78 is 0. The van der Waals surface area contributed by atoms with Gasteiger partial charge in [-0.2, -0.15) is 5.10 Å². The van der Waals surface area contributed by atoms with Crippen molar-refractivity contribution < 1.29 is 14.7 Å². The van der Waals surface area contributed by atoms with Gasteiger partial charge in [-0.1, -0.05) is 60.7 Å². The number of hydrogen-bond acceptors (Lipinski definition) is 4. The number of amides is 2. The van der Waals surface area contributed by atoms with E-state index in [0.717, 1.165) is 32.7 Å². The predicted molar refractivity (Wildman–Crippen MR) is 127 cm³/mol. The van der Waals surface area contributed by atoms with Gasteiger partial charge in [0.1, 0.15) is 11.8 Å². The van der Waals surface area contributed by atoms with E-state index < -0.39 is 11.9 Å². The van der Waals surface area contributed by atoms with Crippen molar-refractivity contribution in [3.05, 3.63) is 90.0 Å². The Bertz CT molecular complexity index is 1260. The molecule has 0 bridgehead atoms. The molecular weight excluding hydrogens is 402 g/mol. The van der Waals surface area contributed by atoms with Crippen LogP contribution in [0.3, 0.4) is 0 Å². The molecule has 4 aromatic rings. The zero-order chi connectivity index (χ0) is 22.5. The number of hydrazone groups is 1. The smallest absolute Gasteiger partial charge is 0.262 e. The average molecular weight is 425 g/mol. The van der Waals surface area contributed by atoms with Crippen LogP contribution in [0.15, 0.2) is 84.0 Å². The molecule has 2 amide bonds. The lowest BCUT2D eigenvalue weighted by molar-refractivity contribution is -0.128. The minimum Gasteiger partial charge on any atom is -0.508 e. The Morgan fingerprint density at radius 2 is 1.53 bits per heavy atom. The summed E-state index contributed by atoms with van der Waals surface area (Å²) in [7, 11) is 0. The number of rotatable bonds is 6. The second-order valence-corrected chi connectivity index (χ2v) is 7.59. The molecule has 0 saturated heterocycles. The molecule has 32 heavy (non-hydrogen) atoms. The predicted octanol–water partition coefficient (Wildman–Crippen LogP) is 3.90. The van der Waals surface area contributed by atoms with Gasteiger partial charge in [0, 0.05) is 18.9 Å². The molecule has 0 aromatic heterocycles. The Labute approximate surface area is 185 Å². The molecule has 0 heterocycles. The van der Waals surface area contributed by atoms with Crippen LogP contribution in [0.5, 0.6) is 5.75 Å². The van der Waals surface area contributed by atoms with E-state index in [0.29, 0.717) is 0 Å². The number of nitrogens with one attached hydrogen (secondary N) is 2. The lowest BCUT2D eigenvalue weighted by atomic mass is 9.97. The molecule has 6 heteroatoms. The third-order valence-corrected chi connectivity index (χ3v) is 5.25. The molecule has 6 nitrogen and oxygen atoms in total. The molecule has 0 aliphatic heterocycles. The molecule has 0 aliphatic carbocycles. The van der Waals surface area contributed by atoms with Crippen LogP contribution >= 0.6 is 0 Å². The largest absolute Gasteiger partial charge is 0.508 e. The molecule has 0 fully saturated rings. The highest BCUT2D eigenvalue weighted by molar-refractivity contribution is 6.13.